The number of halogens is 2. The molecule has 81 heavy (non-hydrogen) atoms. The third kappa shape index (κ3) is 15.9. The second-order valence-electron chi connectivity index (χ2n) is 23.0. The number of piperazine rings is 2. The number of nitrogens with zero attached hydrogens (tertiary/aromatic N) is 12. The number of fused-ring (bicyclic) bond motifs is 4. The Hall–Kier alpha value is -5.61. The fraction of sp³-hybridized carbons (Fsp3) is 0.621. The summed E-state index contributed by atoms with van der Waals surface area (Å²) in [6.45, 7) is 17.4. The van der Waals surface area contributed by atoms with Gasteiger partial charge in [-0.15, -0.1) is 0 Å². The van der Waals surface area contributed by atoms with E-state index < -0.39 is 9.84 Å². The number of likely N-dealkylation sites (N-methyl/N-ethyl adjacent to an activating group) is 2. The molecule has 0 spiro atoms. The number of hydrogen-bond acceptors (Lipinski definition) is 18. The van der Waals surface area contributed by atoms with Crippen LogP contribution in [0.2, 0.25) is 10.0 Å². The number of amides is 2. The number of aromatic nitrogens is 4. The van der Waals surface area contributed by atoms with Crippen molar-refractivity contribution in [2.45, 2.75) is 96.8 Å². The number of aryl methyl sites for hydroxylation is 2. The topological polar surface area (TPSA) is 250 Å². The first kappa shape index (κ1) is 63.0. The lowest BCUT2D eigenvalue weighted by molar-refractivity contribution is -0.139. The number of carbonyl (C=O) groups is 2. The third-order valence-electron chi connectivity index (χ3n) is 17.4. The highest BCUT2D eigenvalue weighted by Crippen LogP contribution is 2.39. The summed E-state index contributed by atoms with van der Waals surface area (Å²) >= 11 is 12.5. The van der Waals surface area contributed by atoms with Gasteiger partial charge in [0.1, 0.15) is 0 Å². The molecule has 20 nitrogen and oxygen atoms in total. The highest BCUT2D eigenvalue weighted by atomic mass is 35.5. The summed E-state index contributed by atoms with van der Waals surface area (Å²) < 4.78 is 23.0. The fourth-order valence-electron chi connectivity index (χ4n) is 12.6. The van der Waals surface area contributed by atoms with Crippen LogP contribution in [0.15, 0.2) is 49.6 Å². The van der Waals surface area contributed by atoms with Gasteiger partial charge in [-0.3, -0.25) is 29.5 Å². The Bertz CT molecular complexity index is 2750. The maximum atomic E-state index is 13.1. The molecule has 1 saturated carbocycles. The molecule has 0 aromatic carbocycles. The average Bonchev–Trinajstić information content (AvgIpc) is 3.77. The summed E-state index contributed by atoms with van der Waals surface area (Å²) in [5.41, 5.74) is 32.5. The number of nitrogen functional groups attached to an aromatic ring is 4. The summed E-state index contributed by atoms with van der Waals surface area (Å²) in [5.74, 6) is 1.83. The maximum absolute atomic E-state index is 13.1. The summed E-state index contributed by atoms with van der Waals surface area (Å²) in [4.78, 5) is 59.5. The van der Waals surface area contributed by atoms with Gasteiger partial charge in [-0.05, 0) is 109 Å². The first-order chi connectivity index (χ1) is 38.3. The molecule has 1 aliphatic carbocycles. The molecule has 2 amide bonds. The molecular formula is C58H90Cl2N16O4S. The standard InChI is InChI=1S/C19H27ClN4O.C16H24ClN5O.C11H18N4.C11H17N3O2S.CH4/c20-16-11-22-12-17(21)18(16)23-8-6-14(7-9-23)19(25)24-10-5-13-1-3-15(24)4-2-13;1-20-6-8-22(9-7-20)16(23)12-2-4-21(5-3-12)15-13(17)10-19-11-14(15)18;1-9-7-13-8-10(12)11(9)15-5-3-14(2)4-6-15;1-8-5-13-6-10(12)11(8)14-4-3-9(7-14)17(2,15)16;/h11-15H,1-10,21H2;10-12H,2-9,18H2,1H3;7-8H,3-6,12H2,1-2H3;5-6,9H,3-4,7,12H2,1-2H3;1H4. The van der Waals surface area contributed by atoms with Crippen LogP contribution in [0.4, 0.5) is 45.5 Å². The quantitative estimate of drug-likeness (QED) is 0.152. The largest absolute Gasteiger partial charge is 0.396 e. The van der Waals surface area contributed by atoms with Crippen molar-refractivity contribution in [1.82, 2.24) is 39.5 Å². The minimum atomic E-state index is -2.97. The Morgan fingerprint density at radius 2 is 0.877 bits per heavy atom. The van der Waals surface area contributed by atoms with E-state index in [0.717, 1.165) is 157 Å². The zero-order chi connectivity index (χ0) is 57.3. The molecule has 8 fully saturated rings. The molecule has 8 aliphatic rings. The van der Waals surface area contributed by atoms with E-state index >= 15 is 0 Å². The monoisotopic (exact) mass is 1180 g/mol. The summed E-state index contributed by atoms with van der Waals surface area (Å²) in [6.07, 6.45) is 25.2. The van der Waals surface area contributed by atoms with E-state index in [4.69, 9.17) is 46.1 Å². The van der Waals surface area contributed by atoms with Crippen LogP contribution >= 0.6 is 23.2 Å². The minimum absolute atomic E-state index is 0. The van der Waals surface area contributed by atoms with Gasteiger partial charge in [-0.2, -0.15) is 0 Å². The Kier molecular flexibility index (Phi) is 22.2. The fourth-order valence-corrected chi connectivity index (χ4v) is 14.2. The van der Waals surface area contributed by atoms with Crippen molar-refractivity contribution in [2.24, 2.45) is 17.8 Å². The van der Waals surface area contributed by atoms with Crippen molar-refractivity contribution in [1.29, 1.82) is 0 Å². The first-order valence-electron chi connectivity index (χ1n) is 28.6. The van der Waals surface area contributed by atoms with E-state index in [-0.39, 0.29) is 24.5 Å². The van der Waals surface area contributed by atoms with Gasteiger partial charge in [-0.1, -0.05) is 30.6 Å². The molecule has 8 N–H and O–H groups in total. The molecule has 1 unspecified atom stereocenters. The Balaban J connectivity index is 0.000000158. The number of pyridine rings is 4. The van der Waals surface area contributed by atoms with Gasteiger partial charge in [0.2, 0.25) is 11.8 Å². The minimum Gasteiger partial charge on any atom is -0.396 e. The second kappa shape index (κ2) is 28.6. The number of piperidine rings is 2. The predicted octanol–water partition coefficient (Wildman–Crippen LogP) is 6.59. The van der Waals surface area contributed by atoms with Crippen LogP contribution < -0.4 is 42.5 Å². The third-order valence-corrected chi connectivity index (χ3v) is 19.5. The smallest absolute Gasteiger partial charge is 0.226 e. The van der Waals surface area contributed by atoms with E-state index in [2.05, 4.69) is 70.4 Å². The molecule has 1 atom stereocenters. The van der Waals surface area contributed by atoms with E-state index in [0.29, 0.717) is 57.9 Å². The molecule has 2 bridgehead atoms. The summed E-state index contributed by atoms with van der Waals surface area (Å²) in [6, 6.07) is 0.495. The lowest BCUT2D eigenvalue weighted by Crippen LogP contribution is -2.50. The van der Waals surface area contributed by atoms with E-state index in [1.54, 1.807) is 43.4 Å². The Morgan fingerprint density at radius 1 is 0.481 bits per heavy atom. The normalized spacial score (nSPS) is 22.1. The number of carbonyl (C=O) groups excluding carboxylic acids is 2. The number of sulfone groups is 1. The molecular weight excluding hydrogens is 1090 g/mol. The highest BCUT2D eigenvalue weighted by Gasteiger charge is 2.38. The van der Waals surface area contributed by atoms with Crippen LogP contribution in [-0.2, 0) is 19.4 Å². The second-order valence-corrected chi connectivity index (χ2v) is 26.2. The number of anilines is 8. The van der Waals surface area contributed by atoms with Crippen molar-refractivity contribution >= 4 is 90.4 Å². The molecule has 12 rings (SSSR count). The molecule has 11 heterocycles. The molecule has 0 radical (unpaired) electrons. The predicted molar refractivity (Wildman–Crippen MR) is 332 cm³/mol. The van der Waals surface area contributed by atoms with Gasteiger partial charge in [0.25, 0.3) is 0 Å². The van der Waals surface area contributed by atoms with E-state index in [9.17, 15) is 18.0 Å². The van der Waals surface area contributed by atoms with Crippen LogP contribution in [0.25, 0.3) is 0 Å². The average molecular weight is 1180 g/mol. The summed E-state index contributed by atoms with van der Waals surface area (Å²) in [5, 5.41) is 0.887. The number of nitrogens with two attached hydrogens (primary N) is 4. The van der Waals surface area contributed by atoms with Crippen molar-refractivity contribution < 1.29 is 18.0 Å². The highest BCUT2D eigenvalue weighted by molar-refractivity contribution is 7.91. The zero-order valence-electron chi connectivity index (χ0n) is 47.7. The molecule has 446 valence electrons. The van der Waals surface area contributed by atoms with Gasteiger partial charge in [-0.25, -0.2) is 8.42 Å². The van der Waals surface area contributed by atoms with Crippen LogP contribution in [0.1, 0.15) is 82.8 Å². The van der Waals surface area contributed by atoms with E-state index in [1.807, 2.05) is 22.9 Å². The molecule has 4 aromatic rings. The zero-order valence-corrected chi connectivity index (χ0v) is 50.0. The van der Waals surface area contributed by atoms with E-state index in [1.165, 1.54) is 43.9 Å². The molecule has 7 saturated heterocycles. The molecule has 7 aliphatic heterocycles. The number of rotatable bonds is 7. The van der Waals surface area contributed by atoms with Crippen LogP contribution in [0.3, 0.4) is 0 Å². The van der Waals surface area contributed by atoms with Crippen LogP contribution in [-0.4, -0.2) is 190 Å². The van der Waals surface area contributed by atoms with Gasteiger partial charge in [0.05, 0.1) is 85.6 Å². The van der Waals surface area contributed by atoms with Gasteiger partial charge < -0.3 is 62.1 Å². The Morgan fingerprint density at radius 3 is 1.31 bits per heavy atom. The molecule has 23 heteroatoms. The van der Waals surface area contributed by atoms with Crippen molar-refractivity contribution in [2.75, 3.05) is 161 Å². The van der Waals surface area contributed by atoms with Crippen molar-refractivity contribution in [3.05, 3.63) is 70.7 Å². The maximum Gasteiger partial charge on any atom is 0.226 e. The SMILES string of the molecule is C.CN1CCN(C(=O)C2CCN(c3c(N)cncc3Cl)CC2)CC1.Cc1cncc(N)c1N1CCC(S(C)(=O)=O)C1.Cc1cncc(N)c1N1CCN(C)CC1.Nc1cncc(Cl)c1N1CCC(C(=O)N2CCC3CCC2CC3)CC1. The van der Waals surface area contributed by atoms with Crippen LogP contribution in [0, 0.1) is 31.6 Å². The van der Waals surface area contributed by atoms with Crippen molar-refractivity contribution in [3.63, 3.8) is 0 Å². The van der Waals surface area contributed by atoms with Crippen LogP contribution in [0.5, 0.6) is 0 Å². The van der Waals surface area contributed by atoms with Gasteiger partial charge in [0, 0.05) is 147 Å². The van der Waals surface area contributed by atoms with Gasteiger partial charge >= 0.3 is 0 Å². The van der Waals surface area contributed by atoms with Gasteiger partial charge in [0.15, 0.2) is 9.84 Å². The lowest BCUT2D eigenvalue weighted by Gasteiger charge is -2.38. The molecule has 4 aromatic heterocycles. The first-order valence-corrected chi connectivity index (χ1v) is 31.3. The lowest BCUT2D eigenvalue weighted by atomic mass is 9.86. The summed E-state index contributed by atoms with van der Waals surface area (Å²) in [7, 11) is 1.29. The van der Waals surface area contributed by atoms with Crippen molar-refractivity contribution in [3.8, 4) is 0 Å². The number of hydrogen-bond donors (Lipinski definition) is 4. The Labute approximate surface area is 491 Å².